The second-order valence-electron chi connectivity index (χ2n) is 3.66. The summed E-state index contributed by atoms with van der Waals surface area (Å²) in [5.41, 5.74) is 7.02. The highest BCUT2D eigenvalue weighted by Gasteiger charge is 2.12. The molecule has 7 nitrogen and oxygen atoms in total. The topological polar surface area (TPSA) is 92.3 Å². The minimum absolute atomic E-state index is 0.00251. The Bertz CT molecular complexity index is 594. The molecule has 0 atom stereocenters. The van der Waals surface area contributed by atoms with Crippen molar-refractivity contribution >= 4 is 11.7 Å². The molecule has 1 aromatic carbocycles. The summed E-state index contributed by atoms with van der Waals surface area (Å²) in [4.78, 5) is 15.1. The Hall–Kier alpha value is -2.57. The van der Waals surface area contributed by atoms with Crippen molar-refractivity contribution in [3.05, 3.63) is 30.4 Å². The summed E-state index contributed by atoms with van der Waals surface area (Å²) in [6.07, 6.45) is 1.42. The first-order valence-corrected chi connectivity index (χ1v) is 5.68. The van der Waals surface area contributed by atoms with Crippen LogP contribution in [0.5, 0.6) is 5.75 Å². The second kappa shape index (κ2) is 5.38. The summed E-state index contributed by atoms with van der Waals surface area (Å²) in [5, 5.41) is 4.02. The van der Waals surface area contributed by atoms with Gasteiger partial charge in [0.1, 0.15) is 12.1 Å². The maximum Gasteiger partial charge on any atom is 0.377 e. The predicted octanol–water partition coefficient (Wildman–Crippen LogP) is 1.03. The number of carbonyl (C=O) groups is 1. The molecule has 2 N–H and O–H groups in total. The molecule has 0 radical (unpaired) electrons. The Morgan fingerprint density at radius 2 is 2.26 bits per heavy atom. The molecule has 0 bridgehead atoms. The molecule has 100 valence electrons. The Balaban J connectivity index is 2.33. The normalized spacial score (nSPS) is 10.2. The third-order valence-corrected chi connectivity index (χ3v) is 2.42. The van der Waals surface area contributed by atoms with E-state index in [2.05, 4.69) is 14.8 Å². The van der Waals surface area contributed by atoms with E-state index in [1.54, 1.807) is 18.2 Å². The molecule has 0 fully saturated rings. The number of hydrogen-bond donors (Lipinski definition) is 1. The molecular weight excluding hydrogens is 248 g/mol. The van der Waals surface area contributed by atoms with Crippen molar-refractivity contribution < 1.29 is 14.3 Å². The Kier molecular flexibility index (Phi) is 3.65. The lowest BCUT2D eigenvalue weighted by atomic mass is 10.2. The van der Waals surface area contributed by atoms with Gasteiger partial charge in [0.15, 0.2) is 0 Å². The zero-order valence-electron chi connectivity index (χ0n) is 10.7. The lowest BCUT2D eigenvalue weighted by molar-refractivity contribution is 0.0587. The minimum atomic E-state index is -0.584. The zero-order chi connectivity index (χ0) is 13.8. The number of carbonyl (C=O) groups excluding carboxylic acids is 1. The monoisotopic (exact) mass is 262 g/mol. The summed E-state index contributed by atoms with van der Waals surface area (Å²) >= 11 is 0. The fourth-order valence-electron chi connectivity index (χ4n) is 1.52. The highest BCUT2D eigenvalue weighted by molar-refractivity contribution is 5.84. The third kappa shape index (κ3) is 2.65. The minimum Gasteiger partial charge on any atom is -0.492 e. The van der Waals surface area contributed by atoms with Crippen molar-refractivity contribution in [3.8, 4) is 11.4 Å². The second-order valence-corrected chi connectivity index (χ2v) is 3.66. The molecule has 0 saturated carbocycles. The van der Waals surface area contributed by atoms with Gasteiger partial charge in [-0.15, -0.1) is 5.10 Å². The highest BCUT2D eigenvalue weighted by Crippen LogP contribution is 2.24. The number of nitrogens with two attached hydrogens (primary N) is 1. The number of nitrogen functional groups attached to an aromatic ring is 1. The summed E-state index contributed by atoms with van der Waals surface area (Å²) in [5.74, 6) is -0.0216. The van der Waals surface area contributed by atoms with E-state index < -0.39 is 5.97 Å². The summed E-state index contributed by atoms with van der Waals surface area (Å²) in [6.45, 7) is 2.38. The average Bonchev–Trinajstić information content (AvgIpc) is 2.90. The maximum absolute atomic E-state index is 11.3. The molecule has 2 aromatic rings. The van der Waals surface area contributed by atoms with Gasteiger partial charge in [-0.05, 0) is 19.1 Å². The zero-order valence-corrected chi connectivity index (χ0v) is 10.7. The van der Waals surface area contributed by atoms with Gasteiger partial charge in [0.25, 0.3) is 5.82 Å². The first kappa shape index (κ1) is 12.9. The molecule has 19 heavy (non-hydrogen) atoms. The van der Waals surface area contributed by atoms with Gasteiger partial charge in [-0.2, -0.15) is 0 Å². The van der Waals surface area contributed by atoms with Crippen LogP contribution in [-0.2, 0) is 4.74 Å². The number of methoxy groups -OCH3 is 1. The molecule has 0 unspecified atom stereocenters. The van der Waals surface area contributed by atoms with Gasteiger partial charge < -0.3 is 15.2 Å². The highest BCUT2D eigenvalue weighted by atomic mass is 16.5. The van der Waals surface area contributed by atoms with Crippen LogP contribution in [0.4, 0.5) is 5.69 Å². The molecule has 0 amide bonds. The number of ether oxygens (including phenoxy) is 2. The van der Waals surface area contributed by atoms with Gasteiger partial charge in [-0.3, -0.25) is 0 Å². The van der Waals surface area contributed by atoms with Crippen LogP contribution in [0.3, 0.4) is 0 Å². The number of esters is 1. The first-order valence-electron chi connectivity index (χ1n) is 5.68. The van der Waals surface area contributed by atoms with Gasteiger partial charge in [0, 0.05) is 6.07 Å². The van der Waals surface area contributed by atoms with Crippen LogP contribution in [0, 0.1) is 0 Å². The van der Waals surface area contributed by atoms with E-state index in [-0.39, 0.29) is 5.82 Å². The van der Waals surface area contributed by atoms with Gasteiger partial charge in [-0.1, -0.05) is 0 Å². The quantitative estimate of drug-likeness (QED) is 0.653. The van der Waals surface area contributed by atoms with Crippen molar-refractivity contribution in [1.82, 2.24) is 14.8 Å². The number of nitrogens with zero attached hydrogens (tertiary/aromatic N) is 3. The number of hydrogen-bond acceptors (Lipinski definition) is 6. The molecule has 0 aliphatic heterocycles. The molecule has 1 heterocycles. The average molecular weight is 262 g/mol. The smallest absolute Gasteiger partial charge is 0.377 e. The summed E-state index contributed by atoms with van der Waals surface area (Å²) in [7, 11) is 1.28. The van der Waals surface area contributed by atoms with Gasteiger partial charge >= 0.3 is 5.97 Å². The maximum atomic E-state index is 11.3. The van der Waals surface area contributed by atoms with E-state index in [4.69, 9.17) is 10.5 Å². The van der Waals surface area contributed by atoms with Crippen LogP contribution in [-0.4, -0.2) is 34.5 Å². The van der Waals surface area contributed by atoms with E-state index in [0.29, 0.717) is 23.7 Å². The summed E-state index contributed by atoms with van der Waals surface area (Å²) < 4.78 is 11.4. The van der Waals surface area contributed by atoms with Crippen molar-refractivity contribution in [2.24, 2.45) is 0 Å². The molecule has 2 rings (SSSR count). The lowest BCUT2D eigenvalue weighted by Gasteiger charge is -2.08. The molecule has 0 spiro atoms. The predicted molar refractivity (Wildman–Crippen MR) is 68.3 cm³/mol. The van der Waals surface area contributed by atoms with Gasteiger partial charge in [0.05, 0.1) is 25.1 Å². The molecular formula is C12H14N4O3. The van der Waals surface area contributed by atoms with E-state index >= 15 is 0 Å². The standard InChI is InChI=1S/C12H14N4O3/c1-3-19-10-6-8(4-5-9(10)13)16-7-14-11(15-16)12(17)18-2/h4-7H,3,13H2,1-2H3. The van der Waals surface area contributed by atoms with E-state index in [9.17, 15) is 4.79 Å². The van der Waals surface area contributed by atoms with Crippen molar-refractivity contribution in [3.63, 3.8) is 0 Å². The number of anilines is 1. The molecule has 7 heteroatoms. The van der Waals surface area contributed by atoms with Crippen LogP contribution >= 0.6 is 0 Å². The van der Waals surface area contributed by atoms with Crippen molar-refractivity contribution in [2.75, 3.05) is 19.5 Å². The van der Waals surface area contributed by atoms with Crippen molar-refractivity contribution in [2.45, 2.75) is 6.92 Å². The van der Waals surface area contributed by atoms with E-state index in [1.165, 1.54) is 18.1 Å². The van der Waals surface area contributed by atoms with Crippen LogP contribution in [0.15, 0.2) is 24.5 Å². The van der Waals surface area contributed by atoms with Crippen LogP contribution in [0.1, 0.15) is 17.5 Å². The molecule has 1 aromatic heterocycles. The lowest BCUT2D eigenvalue weighted by Crippen LogP contribution is -2.05. The van der Waals surface area contributed by atoms with Crippen LogP contribution < -0.4 is 10.5 Å². The van der Waals surface area contributed by atoms with E-state index in [0.717, 1.165) is 0 Å². The molecule has 0 aliphatic carbocycles. The fourth-order valence-corrected chi connectivity index (χ4v) is 1.52. The SMILES string of the molecule is CCOc1cc(-n2cnc(C(=O)OC)n2)ccc1N. The third-order valence-electron chi connectivity index (χ3n) is 2.42. The van der Waals surface area contributed by atoms with Crippen LogP contribution in [0.2, 0.25) is 0 Å². The fraction of sp³-hybridized carbons (Fsp3) is 0.250. The Morgan fingerprint density at radius 1 is 1.47 bits per heavy atom. The van der Waals surface area contributed by atoms with Crippen molar-refractivity contribution in [1.29, 1.82) is 0 Å². The molecule has 0 saturated heterocycles. The van der Waals surface area contributed by atoms with Crippen LogP contribution in [0.25, 0.3) is 5.69 Å². The number of rotatable bonds is 4. The van der Waals surface area contributed by atoms with Gasteiger partial charge in [0.2, 0.25) is 0 Å². The Morgan fingerprint density at radius 3 is 2.95 bits per heavy atom. The number of aromatic nitrogens is 3. The van der Waals surface area contributed by atoms with E-state index in [1.807, 2.05) is 6.92 Å². The number of benzene rings is 1. The molecule has 0 aliphatic rings. The Labute approximate surface area is 110 Å². The largest absolute Gasteiger partial charge is 0.492 e. The first-order chi connectivity index (χ1) is 9.15. The van der Waals surface area contributed by atoms with Gasteiger partial charge in [-0.25, -0.2) is 14.5 Å². The summed E-state index contributed by atoms with van der Waals surface area (Å²) in [6, 6.07) is 5.20.